The summed E-state index contributed by atoms with van der Waals surface area (Å²) in [5.74, 6) is -2.38. The maximum Gasteiger partial charge on any atom is 0.375 e. The lowest BCUT2D eigenvalue weighted by molar-refractivity contribution is -0.384. The van der Waals surface area contributed by atoms with E-state index in [1.807, 2.05) is 0 Å². The van der Waals surface area contributed by atoms with Crippen molar-refractivity contribution in [1.29, 1.82) is 0 Å². The molecule has 0 saturated carbocycles. The number of halogens is 2. The molecule has 8 nitrogen and oxygen atoms in total. The predicted octanol–water partition coefficient (Wildman–Crippen LogP) is 4.35. The summed E-state index contributed by atoms with van der Waals surface area (Å²) in [7, 11) is 0. The quantitative estimate of drug-likeness (QED) is 0.351. The Morgan fingerprint density at radius 3 is 2.71 bits per heavy atom. The summed E-state index contributed by atoms with van der Waals surface area (Å²) in [6, 6.07) is 8.09. The van der Waals surface area contributed by atoms with Gasteiger partial charge in [0.25, 0.3) is 11.6 Å². The number of nitro benzene ring substituents is 1. The minimum atomic E-state index is -0.911. The van der Waals surface area contributed by atoms with Crippen molar-refractivity contribution in [2.45, 2.75) is 6.92 Å². The first kappa shape index (κ1) is 19.5. The van der Waals surface area contributed by atoms with Gasteiger partial charge in [0.15, 0.2) is 18.0 Å². The van der Waals surface area contributed by atoms with Crippen LogP contribution in [-0.2, 0) is 9.53 Å². The lowest BCUT2D eigenvalue weighted by atomic mass is 10.1. The molecule has 144 valence electrons. The second-order valence-electron chi connectivity index (χ2n) is 5.72. The van der Waals surface area contributed by atoms with Crippen molar-refractivity contribution in [2.24, 2.45) is 0 Å². The second kappa shape index (κ2) is 7.77. The van der Waals surface area contributed by atoms with E-state index in [1.54, 1.807) is 13.0 Å². The molecule has 1 heterocycles. The van der Waals surface area contributed by atoms with Gasteiger partial charge in [-0.05, 0) is 35.0 Å². The maximum absolute atomic E-state index is 13.8. The normalized spacial score (nSPS) is 10.7. The number of benzene rings is 2. The smallest absolute Gasteiger partial charge is 0.375 e. The Morgan fingerprint density at radius 1 is 1.32 bits per heavy atom. The fourth-order valence-corrected chi connectivity index (χ4v) is 2.97. The van der Waals surface area contributed by atoms with Crippen molar-refractivity contribution in [3.05, 3.63) is 68.1 Å². The molecule has 0 aliphatic rings. The number of non-ortho nitro benzene ring substituents is 1. The van der Waals surface area contributed by atoms with Crippen molar-refractivity contribution in [2.75, 3.05) is 11.9 Å². The van der Waals surface area contributed by atoms with Crippen LogP contribution in [-0.4, -0.2) is 23.4 Å². The number of aryl methyl sites for hydroxylation is 1. The van der Waals surface area contributed by atoms with Gasteiger partial charge in [-0.25, -0.2) is 9.18 Å². The van der Waals surface area contributed by atoms with E-state index in [4.69, 9.17) is 9.15 Å². The third-order valence-electron chi connectivity index (χ3n) is 3.87. The molecule has 0 aliphatic carbocycles. The molecule has 1 N–H and O–H groups in total. The van der Waals surface area contributed by atoms with Gasteiger partial charge in [-0.2, -0.15) is 0 Å². The molecule has 10 heteroatoms. The molecule has 2 aromatic carbocycles. The van der Waals surface area contributed by atoms with Crippen molar-refractivity contribution < 1.29 is 28.1 Å². The molecule has 1 amide bonds. The third kappa shape index (κ3) is 3.86. The highest BCUT2D eigenvalue weighted by Crippen LogP contribution is 2.28. The molecule has 3 rings (SSSR count). The molecule has 0 fully saturated rings. The van der Waals surface area contributed by atoms with Crippen LogP contribution in [0.2, 0.25) is 0 Å². The van der Waals surface area contributed by atoms with E-state index < -0.39 is 29.2 Å². The Kier molecular flexibility index (Phi) is 5.41. The van der Waals surface area contributed by atoms with Crippen molar-refractivity contribution in [3.63, 3.8) is 0 Å². The van der Waals surface area contributed by atoms with Gasteiger partial charge in [0.1, 0.15) is 0 Å². The number of esters is 1. The number of para-hydroxylation sites is 1. The lowest BCUT2D eigenvalue weighted by Crippen LogP contribution is -2.21. The fraction of sp³-hybridized carbons (Fsp3) is 0.111. The molecule has 0 aliphatic heterocycles. The first-order valence-electron chi connectivity index (χ1n) is 7.86. The van der Waals surface area contributed by atoms with Crippen LogP contribution < -0.4 is 5.32 Å². The van der Waals surface area contributed by atoms with Crippen LogP contribution in [0.1, 0.15) is 16.1 Å². The number of hydrogen-bond donors (Lipinski definition) is 1. The van der Waals surface area contributed by atoms with E-state index in [1.165, 1.54) is 30.3 Å². The maximum atomic E-state index is 13.8. The van der Waals surface area contributed by atoms with Gasteiger partial charge in [-0.3, -0.25) is 14.9 Å². The number of nitro groups is 1. The number of nitrogens with one attached hydrogen (secondary N) is 1. The number of furan rings is 1. The molecular formula is C18H12BrFN2O6. The summed E-state index contributed by atoms with van der Waals surface area (Å²) in [5, 5.41) is 13.6. The Bertz CT molecular complexity index is 1110. The van der Waals surface area contributed by atoms with Gasteiger partial charge in [-0.15, -0.1) is 0 Å². The minimum Gasteiger partial charge on any atom is -0.450 e. The predicted molar refractivity (Wildman–Crippen MR) is 101 cm³/mol. The third-order valence-corrected chi connectivity index (χ3v) is 4.53. The van der Waals surface area contributed by atoms with Gasteiger partial charge < -0.3 is 14.5 Å². The average molecular weight is 451 g/mol. The van der Waals surface area contributed by atoms with E-state index in [2.05, 4.69) is 21.2 Å². The number of nitrogens with zero attached hydrogens (tertiary/aromatic N) is 1. The van der Waals surface area contributed by atoms with Crippen LogP contribution in [0.15, 0.2) is 45.3 Å². The molecule has 0 spiro atoms. The average Bonchev–Trinajstić information content (AvgIpc) is 2.99. The summed E-state index contributed by atoms with van der Waals surface area (Å²) in [6.45, 7) is 0.956. The number of anilines is 1. The molecule has 0 radical (unpaired) electrons. The van der Waals surface area contributed by atoms with Crippen LogP contribution >= 0.6 is 15.9 Å². The topological polar surface area (TPSA) is 112 Å². The van der Waals surface area contributed by atoms with E-state index in [9.17, 15) is 24.1 Å². The standard InChI is InChI=1S/C18H12BrFN2O6/c1-9-11-3-2-4-13(20)17(11)28-16(9)18(24)27-8-15(23)21-14-6-5-10(22(25)26)7-12(14)19/h2-7H,8H2,1H3,(H,21,23). The van der Waals surface area contributed by atoms with Crippen molar-refractivity contribution >= 4 is 50.2 Å². The largest absolute Gasteiger partial charge is 0.450 e. The highest BCUT2D eigenvalue weighted by Gasteiger charge is 2.22. The van der Waals surface area contributed by atoms with Crippen LogP contribution in [0.25, 0.3) is 11.0 Å². The van der Waals surface area contributed by atoms with Crippen LogP contribution in [0.5, 0.6) is 0 Å². The Labute approximate surface area is 165 Å². The second-order valence-corrected chi connectivity index (χ2v) is 6.57. The summed E-state index contributed by atoms with van der Waals surface area (Å²) < 4.78 is 24.2. The molecule has 1 aromatic heterocycles. The van der Waals surface area contributed by atoms with Gasteiger partial charge in [0, 0.05) is 27.6 Å². The summed E-state index contributed by atoms with van der Waals surface area (Å²) >= 11 is 3.12. The molecule has 3 aromatic rings. The summed E-state index contributed by atoms with van der Waals surface area (Å²) in [6.07, 6.45) is 0. The minimum absolute atomic E-state index is 0.0637. The van der Waals surface area contributed by atoms with Gasteiger partial charge >= 0.3 is 5.97 Å². The molecule has 0 saturated heterocycles. The van der Waals surface area contributed by atoms with E-state index in [0.717, 1.165) is 0 Å². The SMILES string of the molecule is Cc1c(C(=O)OCC(=O)Nc2ccc([N+](=O)[O-])cc2Br)oc2c(F)cccc12. The van der Waals surface area contributed by atoms with Gasteiger partial charge in [0.2, 0.25) is 5.76 Å². The zero-order valence-corrected chi connectivity index (χ0v) is 15.9. The zero-order chi connectivity index (χ0) is 20.4. The Hall–Kier alpha value is -3.27. The molecule has 0 bridgehead atoms. The van der Waals surface area contributed by atoms with Crippen LogP contribution in [0.3, 0.4) is 0 Å². The summed E-state index contributed by atoms with van der Waals surface area (Å²) in [5.41, 5.74) is 0.460. The zero-order valence-electron chi connectivity index (χ0n) is 14.3. The number of hydrogen-bond acceptors (Lipinski definition) is 6. The highest BCUT2D eigenvalue weighted by molar-refractivity contribution is 9.10. The number of carbonyl (C=O) groups is 2. The fourth-order valence-electron chi connectivity index (χ4n) is 2.51. The molecular weight excluding hydrogens is 439 g/mol. The number of carbonyl (C=O) groups excluding carboxylic acids is 2. The molecule has 0 atom stereocenters. The van der Waals surface area contributed by atoms with E-state index in [0.29, 0.717) is 15.4 Å². The number of fused-ring (bicyclic) bond motifs is 1. The summed E-state index contributed by atoms with van der Waals surface area (Å²) in [4.78, 5) is 34.3. The van der Waals surface area contributed by atoms with E-state index >= 15 is 0 Å². The molecule has 0 unspecified atom stereocenters. The monoisotopic (exact) mass is 450 g/mol. The highest BCUT2D eigenvalue weighted by atomic mass is 79.9. The van der Waals surface area contributed by atoms with Crippen molar-refractivity contribution in [1.82, 2.24) is 0 Å². The Balaban J connectivity index is 1.67. The number of amides is 1. The number of ether oxygens (including phenoxy) is 1. The van der Waals surface area contributed by atoms with Crippen LogP contribution in [0.4, 0.5) is 15.8 Å². The lowest BCUT2D eigenvalue weighted by Gasteiger charge is -2.07. The first-order chi connectivity index (χ1) is 13.3. The van der Waals surface area contributed by atoms with E-state index in [-0.39, 0.29) is 22.7 Å². The molecule has 28 heavy (non-hydrogen) atoms. The van der Waals surface area contributed by atoms with Crippen LogP contribution in [0, 0.1) is 22.9 Å². The van der Waals surface area contributed by atoms with Gasteiger partial charge in [-0.1, -0.05) is 12.1 Å². The number of rotatable bonds is 5. The first-order valence-corrected chi connectivity index (χ1v) is 8.65. The van der Waals surface area contributed by atoms with Gasteiger partial charge in [0.05, 0.1) is 10.6 Å². The Morgan fingerprint density at radius 2 is 2.07 bits per heavy atom. The van der Waals surface area contributed by atoms with Crippen molar-refractivity contribution in [3.8, 4) is 0 Å².